The zero-order chi connectivity index (χ0) is 24.5. The van der Waals surface area contributed by atoms with Crippen LogP contribution in [0.3, 0.4) is 0 Å². The molecule has 3 aromatic rings. The molecule has 1 saturated carbocycles. The molecule has 0 saturated heterocycles. The Kier molecular flexibility index (Phi) is 8.98. The van der Waals surface area contributed by atoms with Crippen molar-refractivity contribution in [1.29, 1.82) is 0 Å². The molecule has 0 spiro atoms. The maximum Gasteiger partial charge on any atom is 0.252 e. The summed E-state index contributed by atoms with van der Waals surface area (Å²) >= 11 is 0. The topological polar surface area (TPSA) is 102 Å². The number of amides is 2. The molecule has 2 amide bonds. The molecular weight excluding hydrogens is 421 g/mol. The molecule has 1 fully saturated rings. The standard InChI is InChI=1S/C21H22FN5O2.C2H6.C2H2/c1-24-21(29)13-7-5-12(6-8-13)14-9-18-19(26-17-4-2-3-16(17)22)15(20(23)28)10-25-27(18)11-14;2*1-2/h5-11,16-17,26H,2-4H2,1H3,(H2,23,28)(H,24,29);1-2H3;1-2H/t16-,17+;;/m0../s1. The van der Waals surface area contributed by atoms with E-state index in [1.54, 1.807) is 23.7 Å². The lowest BCUT2D eigenvalue weighted by molar-refractivity contribution is 0.0961. The number of aromatic nitrogens is 2. The van der Waals surface area contributed by atoms with Gasteiger partial charge in [-0.15, -0.1) is 12.8 Å². The summed E-state index contributed by atoms with van der Waals surface area (Å²) in [6.07, 6.45) is 12.3. The number of anilines is 1. The highest BCUT2D eigenvalue weighted by molar-refractivity contribution is 6.02. The van der Waals surface area contributed by atoms with Crippen LogP contribution < -0.4 is 16.4 Å². The fourth-order valence-electron chi connectivity index (χ4n) is 3.77. The summed E-state index contributed by atoms with van der Waals surface area (Å²) in [4.78, 5) is 23.7. The van der Waals surface area contributed by atoms with Crippen molar-refractivity contribution in [2.24, 2.45) is 5.73 Å². The van der Waals surface area contributed by atoms with E-state index in [9.17, 15) is 14.0 Å². The molecule has 0 unspecified atom stereocenters. The number of carbonyl (C=O) groups excluding carboxylic acids is 2. The number of terminal acetylenes is 1. The Balaban J connectivity index is 0.000000914. The first-order valence-corrected chi connectivity index (χ1v) is 10.9. The van der Waals surface area contributed by atoms with Gasteiger partial charge in [0.25, 0.3) is 11.8 Å². The van der Waals surface area contributed by atoms with Crippen LogP contribution in [-0.4, -0.2) is 40.7 Å². The van der Waals surface area contributed by atoms with Crippen molar-refractivity contribution in [2.75, 3.05) is 12.4 Å². The number of rotatable bonds is 5. The van der Waals surface area contributed by atoms with Gasteiger partial charge in [0.05, 0.1) is 29.0 Å². The molecule has 0 aliphatic heterocycles. The van der Waals surface area contributed by atoms with Crippen molar-refractivity contribution < 1.29 is 14.0 Å². The van der Waals surface area contributed by atoms with Gasteiger partial charge in [-0.1, -0.05) is 26.0 Å². The Labute approximate surface area is 193 Å². The van der Waals surface area contributed by atoms with Crippen molar-refractivity contribution in [3.05, 3.63) is 53.9 Å². The van der Waals surface area contributed by atoms with Gasteiger partial charge >= 0.3 is 0 Å². The number of hydrogen-bond acceptors (Lipinski definition) is 4. The zero-order valence-electron chi connectivity index (χ0n) is 19.1. The average Bonchev–Trinajstić information content (AvgIpc) is 3.47. The predicted octanol–water partition coefficient (Wildman–Crippen LogP) is 4.04. The van der Waals surface area contributed by atoms with Crippen LogP contribution in [0.2, 0.25) is 0 Å². The molecule has 8 heteroatoms. The summed E-state index contributed by atoms with van der Waals surface area (Å²) in [5, 5.41) is 10.1. The zero-order valence-corrected chi connectivity index (χ0v) is 19.1. The smallest absolute Gasteiger partial charge is 0.252 e. The number of carbonyl (C=O) groups is 2. The first-order valence-electron chi connectivity index (χ1n) is 10.9. The van der Waals surface area contributed by atoms with Gasteiger partial charge in [-0.2, -0.15) is 5.10 Å². The van der Waals surface area contributed by atoms with Crippen molar-refractivity contribution in [3.63, 3.8) is 0 Å². The van der Waals surface area contributed by atoms with Gasteiger partial charge in [0.1, 0.15) is 6.17 Å². The largest absolute Gasteiger partial charge is 0.377 e. The molecule has 2 aromatic heterocycles. The minimum atomic E-state index is -0.962. The van der Waals surface area contributed by atoms with Crippen LogP contribution in [-0.2, 0) is 0 Å². The molecular formula is C25H30FN5O2. The third kappa shape index (κ3) is 5.50. The van der Waals surface area contributed by atoms with Gasteiger partial charge in [0, 0.05) is 24.4 Å². The lowest BCUT2D eigenvalue weighted by Crippen LogP contribution is -2.27. The number of halogens is 1. The highest BCUT2D eigenvalue weighted by Crippen LogP contribution is 2.32. The van der Waals surface area contributed by atoms with E-state index in [1.165, 1.54) is 6.20 Å². The highest BCUT2D eigenvalue weighted by atomic mass is 19.1. The number of nitrogens with one attached hydrogen (secondary N) is 2. The average molecular weight is 452 g/mol. The Bertz CT molecular complexity index is 1120. The molecule has 174 valence electrons. The number of alkyl halides is 1. The third-order valence-electron chi connectivity index (χ3n) is 5.37. The van der Waals surface area contributed by atoms with E-state index in [1.807, 2.05) is 38.2 Å². The number of primary amides is 1. The fraction of sp³-hybridized carbons (Fsp3) is 0.320. The van der Waals surface area contributed by atoms with Crippen LogP contribution in [0.1, 0.15) is 53.8 Å². The van der Waals surface area contributed by atoms with E-state index >= 15 is 0 Å². The molecule has 33 heavy (non-hydrogen) atoms. The van der Waals surface area contributed by atoms with Gasteiger partial charge < -0.3 is 16.4 Å². The van der Waals surface area contributed by atoms with Gasteiger partial charge in [0.15, 0.2) is 0 Å². The summed E-state index contributed by atoms with van der Waals surface area (Å²) in [7, 11) is 1.58. The summed E-state index contributed by atoms with van der Waals surface area (Å²) in [5.74, 6) is -0.774. The van der Waals surface area contributed by atoms with Crippen molar-refractivity contribution in [2.45, 2.75) is 45.3 Å². The molecule has 2 heterocycles. The van der Waals surface area contributed by atoms with Crippen LogP contribution in [0.4, 0.5) is 10.1 Å². The first-order chi connectivity index (χ1) is 16.0. The van der Waals surface area contributed by atoms with Gasteiger partial charge in [-0.05, 0) is 43.0 Å². The minimum Gasteiger partial charge on any atom is -0.377 e. The Hall–Kier alpha value is -3.86. The van der Waals surface area contributed by atoms with E-state index in [-0.39, 0.29) is 17.5 Å². The van der Waals surface area contributed by atoms with Crippen LogP contribution in [0.25, 0.3) is 16.6 Å². The van der Waals surface area contributed by atoms with Gasteiger partial charge in [0.2, 0.25) is 0 Å². The van der Waals surface area contributed by atoms with Crippen LogP contribution in [0.15, 0.2) is 42.7 Å². The Morgan fingerprint density at radius 3 is 2.36 bits per heavy atom. The summed E-state index contributed by atoms with van der Waals surface area (Å²) in [5.41, 5.74) is 9.21. The molecule has 0 radical (unpaired) electrons. The molecule has 1 aliphatic rings. The number of nitrogens with two attached hydrogens (primary N) is 1. The summed E-state index contributed by atoms with van der Waals surface area (Å²) in [6, 6.07) is 8.68. The van der Waals surface area contributed by atoms with E-state index in [0.717, 1.165) is 17.5 Å². The molecule has 1 aromatic carbocycles. The number of fused-ring (bicyclic) bond motifs is 1. The number of nitrogens with zero attached hydrogens (tertiary/aromatic N) is 2. The van der Waals surface area contributed by atoms with E-state index in [4.69, 9.17) is 5.73 Å². The van der Waals surface area contributed by atoms with Crippen molar-refractivity contribution in [1.82, 2.24) is 14.9 Å². The second kappa shape index (κ2) is 11.7. The number of benzene rings is 1. The fourth-order valence-corrected chi connectivity index (χ4v) is 3.77. The van der Waals surface area contributed by atoms with E-state index in [2.05, 4.69) is 28.6 Å². The maximum atomic E-state index is 14.2. The third-order valence-corrected chi connectivity index (χ3v) is 5.37. The van der Waals surface area contributed by atoms with Gasteiger partial charge in [-0.3, -0.25) is 9.59 Å². The van der Waals surface area contributed by atoms with E-state index < -0.39 is 12.1 Å². The van der Waals surface area contributed by atoms with Crippen LogP contribution >= 0.6 is 0 Å². The highest BCUT2D eigenvalue weighted by Gasteiger charge is 2.29. The molecule has 4 N–H and O–H groups in total. The summed E-state index contributed by atoms with van der Waals surface area (Å²) in [6.45, 7) is 4.00. The molecule has 4 rings (SSSR count). The van der Waals surface area contributed by atoms with E-state index in [0.29, 0.717) is 29.6 Å². The second-order valence-electron chi connectivity index (χ2n) is 7.21. The predicted molar refractivity (Wildman–Crippen MR) is 130 cm³/mol. The van der Waals surface area contributed by atoms with Gasteiger partial charge in [-0.25, -0.2) is 8.91 Å². The van der Waals surface area contributed by atoms with Crippen molar-refractivity contribution in [3.8, 4) is 24.0 Å². The SMILES string of the molecule is C#C.CC.CNC(=O)c1ccc(-c2cc3c(N[C@@H]4CCC[C@@H]4F)c(C(N)=O)cnn3c2)cc1. The van der Waals surface area contributed by atoms with Crippen LogP contribution in [0.5, 0.6) is 0 Å². The normalized spacial score (nSPS) is 16.7. The first kappa shape index (κ1) is 25.4. The maximum absolute atomic E-state index is 14.2. The van der Waals surface area contributed by atoms with Crippen LogP contribution in [0, 0.1) is 12.8 Å². The molecule has 2 atom stereocenters. The number of hydrogen-bond donors (Lipinski definition) is 3. The molecule has 7 nitrogen and oxygen atoms in total. The van der Waals surface area contributed by atoms with Crippen molar-refractivity contribution >= 4 is 23.0 Å². The Morgan fingerprint density at radius 1 is 1.15 bits per heavy atom. The lowest BCUT2D eigenvalue weighted by Gasteiger charge is -2.19. The quantitative estimate of drug-likeness (QED) is 0.510. The Morgan fingerprint density at radius 2 is 1.82 bits per heavy atom. The molecule has 0 bridgehead atoms. The lowest BCUT2D eigenvalue weighted by atomic mass is 10.1. The summed E-state index contributed by atoms with van der Waals surface area (Å²) < 4.78 is 15.8. The second-order valence-corrected chi connectivity index (χ2v) is 7.21. The molecule has 1 aliphatic carbocycles. The monoisotopic (exact) mass is 451 g/mol. The minimum absolute atomic E-state index is 0.157.